The molecule has 1 aliphatic heterocycles. The SMILES string of the molecule is Cc1oc(-c2cccc(Oc3ccccc3)c2)nc1CN1CCOC(CN)C1.Cl. The summed E-state index contributed by atoms with van der Waals surface area (Å²) in [5, 5.41) is 0. The second-order valence-electron chi connectivity index (χ2n) is 6.93. The number of nitrogens with zero attached hydrogens (tertiary/aromatic N) is 2. The Morgan fingerprint density at radius 2 is 1.93 bits per heavy atom. The van der Waals surface area contributed by atoms with Gasteiger partial charge in [-0.05, 0) is 37.3 Å². The van der Waals surface area contributed by atoms with Crippen molar-refractivity contribution in [1.82, 2.24) is 9.88 Å². The lowest BCUT2D eigenvalue weighted by Crippen LogP contribution is -2.45. The molecule has 1 aromatic heterocycles. The number of nitrogens with two attached hydrogens (primary N) is 1. The number of oxazole rings is 1. The summed E-state index contributed by atoms with van der Waals surface area (Å²) in [4.78, 5) is 7.05. The Morgan fingerprint density at radius 3 is 2.72 bits per heavy atom. The molecular formula is C22H26ClN3O3. The fourth-order valence-corrected chi connectivity index (χ4v) is 3.29. The van der Waals surface area contributed by atoms with E-state index in [0.29, 0.717) is 19.0 Å². The van der Waals surface area contributed by atoms with Gasteiger partial charge in [-0.1, -0.05) is 24.3 Å². The van der Waals surface area contributed by atoms with Crippen LogP contribution in [0.1, 0.15) is 11.5 Å². The lowest BCUT2D eigenvalue weighted by molar-refractivity contribution is -0.0264. The third kappa shape index (κ3) is 5.36. The molecule has 2 aromatic carbocycles. The molecule has 7 heteroatoms. The van der Waals surface area contributed by atoms with E-state index in [1.54, 1.807) is 0 Å². The Balaban J connectivity index is 0.00000240. The summed E-state index contributed by atoms with van der Waals surface area (Å²) in [6.45, 7) is 5.61. The van der Waals surface area contributed by atoms with Crippen LogP contribution >= 0.6 is 12.4 Å². The van der Waals surface area contributed by atoms with Crippen molar-refractivity contribution in [3.63, 3.8) is 0 Å². The van der Waals surface area contributed by atoms with Gasteiger partial charge in [-0.3, -0.25) is 4.90 Å². The molecule has 0 spiro atoms. The van der Waals surface area contributed by atoms with E-state index in [2.05, 4.69) is 4.90 Å². The van der Waals surface area contributed by atoms with E-state index in [4.69, 9.17) is 24.6 Å². The molecule has 2 heterocycles. The first kappa shape index (κ1) is 21.3. The number of para-hydroxylation sites is 1. The first-order chi connectivity index (χ1) is 13.7. The molecular weight excluding hydrogens is 390 g/mol. The molecule has 1 saturated heterocycles. The predicted octanol–water partition coefficient (Wildman–Crippen LogP) is 4.02. The molecule has 154 valence electrons. The number of benzene rings is 2. The first-order valence-electron chi connectivity index (χ1n) is 9.55. The molecule has 0 radical (unpaired) electrons. The average Bonchev–Trinajstić information content (AvgIpc) is 3.09. The quantitative estimate of drug-likeness (QED) is 0.655. The smallest absolute Gasteiger partial charge is 0.226 e. The van der Waals surface area contributed by atoms with E-state index in [1.807, 2.05) is 61.5 Å². The van der Waals surface area contributed by atoms with Crippen LogP contribution in [-0.4, -0.2) is 42.2 Å². The third-order valence-electron chi connectivity index (χ3n) is 4.81. The van der Waals surface area contributed by atoms with E-state index >= 15 is 0 Å². The van der Waals surface area contributed by atoms with Crippen molar-refractivity contribution in [2.75, 3.05) is 26.2 Å². The van der Waals surface area contributed by atoms with Gasteiger partial charge in [-0.2, -0.15) is 0 Å². The number of aryl methyl sites for hydroxylation is 1. The number of rotatable bonds is 6. The molecule has 3 aromatic rings. The molecule has 0 aliphatic carbocycles. The second kappa shape index (κ2) is 9.89. The van der Waals surface area contributed by atoms with Gasteiger partial charge in [-0.25, -0.2) is 4.98 Å². The minimum absolute atomic E-state index is 0. The maximum atomic E-state index is 5.95. The Kier molecular flexibility index (Phi) is 7.28. The van der Waals surface area contributed by atoms with Crippen LogP contribution < -0.4 is 10.5 Å². The number of hydrogen-bond acceptors (Lipinski definition) is 6. The van der Waals surface area contributed by atoms with Crippen LogP contribution in [-0.2, 0) is 11.3 Å². The molecule has 0 saturated carbocycles. The maximum Gasteiger partial charge on any atom is 0.226 e. The number of hydrogen-bond donors (Lipinski definition) is 1. The minimum Gasteiger partial charge on any atom is -0.457 e. The molecule has 0 amide bonds. The van der Waals surface area contributed by atoms with E-state index in [-0.39, 0.29) is 18.5 Å². The van der Waals surface area contributed by atoms with Crippen LogP contribution in [0, 0.1) is 6.92 Å². The van der Waals surface area contributed by atoms with Crippen molar-refractivity contribution in [3.05, 3.63) is 66.1 Å². The lowest BCUT2D eigenvalue weighted by atomic mass is 10.2. The third-order valence-corrected chi connectivity index (χ3v) is 4.81. The van der Waals surface area contributed by atoms with Gasteiger partial charge in [0.15, 0.2) is 0 Å². The predicted molar refractivity (Wildman–Crippen MR) is 115 cm³/mol. The lowest BCUT2D eigenvalue weighted by Gasteiger charge is -2.31. The van der Waals surface area contributed by atoms with Gasteiger partial charge >= 0.3 is 0 Å². The summed E-state index contributed by atoms with van der Waals surface area (Å²) in [7, 11) is 0. The molecule has 1 unspecified atom stereocenters. The van der Waals surface area contributed by atoms with E-state index in [0.717, 1.165) is 48.2 Å². The molecule has 1 fully saturated rings. The molecule has 6 nitrogen and oxygen atoms in total. The Morgan fingerprint density at radius 1 is 1.14 bits per heavy atom. The van der Waals surface area contributed by atoms with Crippen molar-refractivity contribution >= 4 is 12.4 Å². The van der Waals surface area contributed by atoms with Crippen molar-refractivity contribution in [2.45, 2.75) is 19.6 Å². The van der Waals surface area contributed by atoms with Gasteiger partial charge in [-0.15, -0.1) is 12.4 Å². The first-order valence-corrected chi connectivity index (χ1v) is 9.55. The summed E-state index contributed by atoms with van der Waals surface area (Å²) in [5.41, 5.74) is 7.58. The summed E-state index contributed by atoms with van der Waals surface area (Å²) in [6.07, 6.45) is 0.0900. The highest BCUT2D eigenvalue weighted by molar-refractivity contribution is 5.85. The number of morpholine rings is 1. The zero-order valence-electron chi connectivity index (χ0n) is 16.4. The Labute approximate surface area is 177 Å². The monoisotopic (exact) mass is 415 g/mol. The topological polar surface area (TPSA) is 73.8 Å². The summed E-state index contributed by atoms with van der Waals surface area (Å²) in [6, 6.07) is 17.5. The molecule has 2 N–H and O–H groups in total. The molecule has 4 rings (SSSR count). The second-order valence-corrected chi connectivity index (χ2v) is 6.93. The maximum absolute atomic E-state index is 5.95. The fourth-order valence-electron chi connectivity index (χ4n) is 3.29. The largest absolute Gasteiger partial charge is 0.457 e. The van der Waals surface area contributed by atoms with E-state index < -0.39 is 0 Å². The highest BCUT2D eigenvalue weighted by atomic mass is 35.5. The highest BCUT2D eigenvalue weighted by Crippen LogP contribution is 2.28. The van der Waals surface area contributed by atoms with Crippen LogP contribution in [0.2, 0.25) is 0 Å². The summed E-state index contributed by atoms with van der Waals surface area (Å²) in [5.74, 6) is 2.99. The van der Waals surface area contributed by atoms with Crippen LogP contribution in [0.25, 0.3) is 11.5 Å². The van der Waals surface area contributed by atoms with Crippen LogP contribution in [0.3, 0.4) is 0 Å². The zero-order valence-corrected chi connectivity index (χ0v) is 17.2. The molecule has 1 atom stereocenters. The minimum atomic E-state index is 0. The van der Waals surface area contributed by atoms with Gasteiger partial charge in [0.05, 0.1) is 18.4 Å². The normalized spacial score (nSPS) is 17.0. The highest BCUT2D eigenvalue weighted by Gasteiger charge is 2.22. The van der Waals surface area contributed by atoms with Gasteiger partial charge in [0.1, 0.15) is 17.3 Å². The van der Waals surface area contributed by atoms with Crippen LogP contribution in [0.5, 0.6) is 11.5 Å². The van der Waals surface area contributed by atoms with Crippen molar-refractivity contribution < 1.29 is 13.9 Å². The zero-order chi connectivity index (χ0) is 19.3. The average molecular weight is 416 g/mol. The summed E-state index contributed by atoms with van der Waals surface area (Å²) >= 11 is 0. The van der Waals surface area contributed by atoms with Crippen molar-refractivity contribution in [2.24, 2.45) is 5.73 Å². The number of halogens is 1. The van der Waals surface area contributed by atoms with Gasteiger partial charge in [0.2, 0.25) is 5.89 Å². The van der Waals surface area contributed by atoms with Gasteiger partial charge < -0.3 is 19.6 Å². The number of ether oxygens (including phenoxy) is 2. The van der Waals surface area contributed by atoms with Crippen molar-refractivity contribution in [3.8, 4) is 23.0 Å². The molecule has 0 bridgehead atoms. The molecule has 29 heavy (non-hydrogen) atoms. The van der Waals surface area contributed by atoms with Gasteiger partial charge in [0, 0.05) is 31.7 Å². The standard InChI is InChI=1S/C22H25N3O3.ClH/c1-16-21(15-25-10-11-26-20(13-23)14-25)24-22(27-16)17-6-5-9-19(12-17)28-18-7-3-2-4-8-18;/h2-9,12,20H,10-11,13-15,23H2,1H3;1H. The Hall–Kier alpha value is -2.38. The molecule has 1 aliphatic rings. The summed E-state index contributed by atoms with van der Waals surface area (Å²) < 4.78 is 17.5. The van der Waals surface area contributed by atoms with E-state index in [1.165, 1.54) is 0 Å². The van der Waals surface area contributed by atoms with Gasteiger partial charge in [0.25, 0.3) is 0 Å². The number of aromatic nitrogens is 1. The Bertz CT molecular complexity index is 917. The van der Waals surface area contributed by atoms with Crippen molar-refractivity contribution in [1.29, 1.82) is 0 Å². The fraction of sp³-hybridized carbons (Fsp3) is 0.318. The van der Waals surface area contributed by atoms with Crippen LogP contribution in [0.15, 0.2) is 59.0 Å². The van der Waals surface area contributed by atoms with E-state index in [9.17, 15) is 0 Å². The van der Waals surface area contributed by atoms with Crippen LogP contribution in [0.4, 0.5) is 0 Å².